The summed E-state index contributed by atoms with van der Waals surface area (Å²) in [6, 6.07) is 15.9. The van der Waals surface area contributed by atoms with Gasteiger partial charge in [-0.3, -0.25) is 4.79 Å². The minimum Gasteiger partial charge on any atom is -0.346 e. The third kappa shape index (κ3) is 2.58. The zero-order valence-electron chi connectivity index (χ0n) is 11.5. The van der Waals surface area contributed by atoms with Crippen LogP contribution in [0.3, 0.4) is 0 Å². The summed E-state index contributed by atoms with van der Waals surface area (Å²) in [5, 5.41) is 6.33. The lowest BCUT2D eigenvalue weighted by Crippen LogP contribution is -2.26. The Kier molecular flexibility index (Phi) is 3.52. The van der Waals surface area contributed by atoms with E-state index in [2.05, 4.69) is 10.6 Å². The number of amides is 1. The second-order valence-electron chi connectivity index (χ2n) is 5.19. The number of fused-ring (bicyclic) bond motifs is 1. The molecule has 1 heterocycles. The van der Waals surface area contributed by atoms with Gasteiger partial charge in [-0.15, -0.1) is 0 Å². The van der Waals surface area contributed by atoms with E-state index >= 15 is 0 Å². The van der Waals surface area contributed by atoms with Crippen molar-refractivity contribution in [3.63, 3.8) is 0 Å². The first kappa shape index (κ1) is 12.9. The van der Waals surface area contributed by atoms with E-state index in [1.54, 1.807) is 0 Å². The standard InChI is InChI=1S/C17H18N2O/c1-12(13-5-3-2-4-6-13)19-17(20)14-7-8-15-10-18-11-16(15)9-14/h2-9,12,18H,10-11H2,1H3,(H,19,20)/t12-/m1/s1. The lowest BCUT2D eigenvalue weighted by molar-refractivity contribution is 0.0940. The zero-order valence-corrected chi connectivity index (χ0v) is 11.5. The molecule has 1 amide bonds. The smallest absolute Gasteiger partial charge is 0.251 e. The van der Waals surface area contributed by atoms with Crippen molar-refractivity contribution in [2.45, 2.75) is 26.1 Å². The summed E-state index contributed by atoms with van der Waals surface area (Å²) in [4.78, 5) is 12.3. The van der Waals surface area contributed by atoms with Gasteiger partial charge in [-0.25, -0.2) is 0 Å². The molecule has 0 fully saturated rings. The van der Waals surface area contributed by atoms with Crippen molar-refractivity contribution in [1.29, 1.82) is 0 Å². The van der Waals surface area contributed by atoms with Crippen LogP contribution in [0, 0.1) is 0 Å². The average molecular weight is 266 g/mol. The van der Waals surface area contributed by atoms with Crippen molar-refractivity contribution in [2.75, 3.05) is 0 Å². The van der Waals surface area contributed by atoms with Crippen LogP contribution in [0.25, 0.3) is 0 Å². The molecule has 0 spiro atoms. The maximum atomic E-state index is 12.3. The molecule has 0 bridgehead atoms. The predicted octanol–water partition coefficient (Wildman–Crippen LogP) is 2.78. The molecule has 3 nitrogen and oxygen atoms in total. The fourth-order valence-electron chi connectivity index (χ4n) is 2.54. The molecule has 2 N–H and O–H groups in total. The Morgan fingerprint density at radius 3 is 2.65 bits per heavy atom. The normalized spacial score (nSPS) is 14.7. The maximum absolute atomic E-state index is 12.3. The Morgan fingerprint density at radius 2 is 1.85 bits per heavy atom. The van der Waals surface area contributed by atoms with E-state index in [1.165, 1.54) is 11.1 Å². The second-order valence-corrected chi connectivity index (χ2v) is 5.19. The number of hydrogen-bond acceptors (Lipinski definition) is 2. The van der Waals surface area contributed by atoms with Crippen molar-refractivity contribution >= 4 is 5.91 Å². The third-order valence-corrected chi connectivity index (χ3v) is 3.75. The number of carbonyl (C=O) groups excluding carboxylic acids is 1. The highest BCUT2D eigenvalue weighted by atomic mass is 16.1. The number of benzene rings is 2. The van der Waals surface area contributed by atoms with Crippen molar-refractivity contribution in [3.05, 3.63) is 70.8 Å². The predicted molar refractivity (Wildman–Crippen MR) is 79.3 cm³/mol. The van der Waals surface area contributed by atoms with Gasteiger partial charge in [0.15, 0.2) is 0 Å². The van der Waals surface area contributed by atoms with Crippen LogP contribution in [0.1, 0.15) is 40.0 Å². The van der Waals surface area contributed by atoms with Crippen molar-refractivity contribution < 1.29 is 4.79 Å². The fraction of sp³-hybridized carbons (Fsp3) is 0.235. The Hall–Kier alpha value is -2.13. The molecule has 0 saturated carbocycles. The van der Waals surface area contributed by atoms with Crippen LogP contribution < -0.4 is 10.6 Å². The first-order chi connectivity index (χ1) is 9.74. The highest BCUT2D eigenvalue weighted by Gasteiger charge is 2.15. The van der Waals surface area contributed by atoms with Gasteiger partial charge in [0.1, 0.15) is 0 Å². The van der Waals surface area contributed by atoms with Crippen LogP contribution in [0.5, 0.6) is 0 Å². The molecule has 0 radical (unpaired) electrons. The summed E-state index contributed by atoms with van der Waals surface area (Å²) in [5.74, 6) is -0.0175. The number of nitrogens with one attached hydrogen (secondary N) is 2. The van der Waals surface area contributed by atoms with Gasteiger partial charge in [0.05, 0.1) is 6.04 Å². The van der Waals surface area contributed by atoms with Crippen LogP contribution in [0.4, 0.5) is 0 Å². The molecule has 0 unspecified atom stereocenters. The van der Waals surface area contributed by atoms with Crippen molar-refractivity contribution in [1.82, 2.24) is 10.6 Å². The van der Waals surface area contributed by atoms with Gasteiger partial charge in [-0.2, -0.15) is 0 Å². The Morgan fingerprint density at radius 1 is 1.10 bits per heavy atom. The molecule has 0 aliphatic carbocycles. The third-order valence-electron chi connectivity index (χ3n) is 3.75. The number of carbonyl (C=O) groups is 1. The zero-order chi connectivity index (χ0) is 13.9. The van der Waals surface area contributed by atoms with E-state index in [-0.39, 0.29) is 11.9 Å². The first-order valence-electron chi connectivity index (χ1n) is 6.92. The first-order valence-corrected chi connectivity index (χ1v) is 6.92. The largest absolute Gasteiger partial charge is 0.346 e. The highest BCUT2D eigenvalue weighted by molar-refractivity contribution is 5.94. The molecule has 3 heteroatoms. The van der Waals surface area contributed by atoms with Gasteiger partial charge in [-0.1, -0.05) is 36.4 Å². The summed E-state index contributed by atoms with van der Waals surface area (Å²) in [5.41, 5.74) is 4.36. The van der Waals surface area contributed by atoms with E-state index in [9.17, 15) is 4.79 Å². The molecule has 1 atom stereocenters. The quantitative estimate of drug-likeness (QED) is 0.897. The van der Waals surface area contributed by atoms with Gasteiger partial charge in [0.25, 0.3) is 5.91 Å². The van der Waals surface area contributed by atoms with E-state index < -0.39 is 0 Å². The van der Waals surface area contributed by atoms with Gasteiger partial charge < -0.3 is 10.6 Å². The topological polar surface area (TPSA) is 41.1 Å². The summed E-state index contributed by atoms with van der Waals surface area (Å²) in [6.45, 7) is 3.75. The molecule has 0 aromatic heterocycles. The highest BCUT2D eigenvalue weighted by Crippen LogP contribution is 2.18. The van der Waals surface area contributed by atoms with Crippen LogP contribution in [-0.4, -0.2) is 5.91 Å². The van der Waals surface area contributed by atoms with Crippen molar-refractivity contribution in [3.8, 4) is 0 Å². The van der Waals surface area contributed by atoms with E-state index in [1.807, 2.05) is 55.5 Å². The number of rotatable bonds is 3. The summed E-state index contributed by atoms with van der Waals surface area (Å²) in [6.07, 6.45) is 0. The van der Waals surface area contributed by atoms with E-state index in [0.29, 0.717) is 0 Å². The molecule has 102 valence electrons. The van der Waals surface area contributed by atoms with Crippen LogP contribution in [0.15, 0.2) is 48.5 Å². The van der Waals surface area contributed by atoms with E-state index in [4.69, 9.17) is 0 Å². The SMILES string of the molecule is C[C@@H](NC(=O)c1ccc2c(c1)CNC2)c1ccccc1. The maximum Gasteiger partial charge on any atom is 0.251 e. The molecule has 3 rings (SSSR count). The van der Waals surface area contributed by atoms with Crippen molar-refractivity contribution in [2.24, 2.45) is 0 Å². The summed E-state index contributed by atoms with van der Waals surface area (Å²) >= 11 is 0. The monoisotopic (exact) mass is 266 g/mol. The van der Waals surface area contributed by atoms with Gasteiger partial charge in [-0.05, 0) is 35.7 Å². The van der Waals surface area contributed by atoms with Crippen LogP contribution >= 0.6 is 0 Å². The second kappa shape index (κ2) is 5.47. The molecule has 20 heavy (non-hydrogen) atoms. The molecular weight excluding hydrogens is 248 g/mol. The number of hydrogen-bond donors (Lipinski definition) is 2. The Labute approximate surface area is 119 Å². The van der Waals surface area contributed by atoms with Crippen LogP contribution in [-0.2, 0) is 13.1 Å². The lowest BCUT2D eigenvalue weighted by Gasteiger charge is -2.14. The summed E-state index contributed by atoms with van der Waals surface area (Å²) in [7, 11) is 0. The molecule has 2 aromatic carbocycles. The van der Waals surface area contributed by atoms with Gasteiger partial charge in [0, 0.05) is 18.7 Å². The van der Waals surface area contributed by atoms with Gasteiger partial charge >= 0.3 is 0 Å². The minimum atomic E-state index is -0.0175. The molecule has 0 saturated heterocycles. The minimum absolute atomic E-state index is 0.00933. The Bertz CT molecular complexity index is 622. The molecule has 2 aromatic rings. The average Bonchev–Trinajstić information content (AvgIpc) is 2.95. The molecule has 1 aliphatic rings. The van der Waals surface area contributed by atoms with Gasteiger partial charge in [0.2, 0.25) is 0 Å². The van der Waals surface area contributed by atoms with E-state index in [0.717, 1.165) is 24.2 Å². The molecule has 1 aliphatic heterocycles. The fourth-order valence-corrected chi connectivity index (χ4v) is 2.54. The van der Waals surface area contributed by atoms with Crippen LogP contribution in [0.2, 0.25) is 0 Å². The summed E-state index contributed by atoms with van der Waals surface area (Å²) < 4.78 is 0. The molecular formula is C17H18N2O. The Balaban J connectivity index is 1.73. The lowest BCUT2D eigenvalue weighted by atomic mass is 10.0.